The fourth-order valence-electron chi connectivity index (χ4n) is 3.83. The van der Waals surface area contributed by atoms with Crippen LogP contribution in [0.4, 0.5) is 0 Å². The SMILES string of the molecule is O=C(c1ccc(-n2cccc2)cc1)N1CCCC(c2nnc(-c3cccnc3)o2)C1. The fourth-order valence-corrected chi connectivity index (χ4v) is 3.83. The van der Waals surface area contributed by atoms with Gasteiger partial charge in [0.05, 0.1) is 11.5 Å². The van der Waals surface area contributed by atoms with Crippen LogP contribution in [0.15, 0.2) is 77.7 Å². The molecule has 0 N–H and O–H groups in total. The van der Waals surface area contributed by atoms with E-state index in [-0.39, 0.29) is 11.8 Å². The Labute approximate surface area is 174 Å². The first-order valence-electron chi connectivity index (χ1n) is 10.0. The lowest BCUT2D eigenvalue weighted by Crippen LogP contribution is -2.39. The number of aromatic nitrogens is 4. The first-order valence-corrected chi connectivity index (χ1v) is 10.0. The Morgan fingerprint density at radius 3 is 2.63 bits per heavy atom. The van der Waals surface area contributed by atoms with Crippen molar-refractivity contribution in [1.29, 1.82) is 0 Å². The van der Waals surface area contributed by atoms with Gasteiger partial charge < -0.3 is 13.9 Å². The number of carbonyl (C=O) groups excluding carboxylic acids is 1. The number of nitrogens with zero attached hydrogens (tertiary/aromatic N) is 5. The molecule has 1 unspecified atom stereocenters. The molecule has 4 aromatic rings. The zero-order valence-electron chi connectivity index (χ0n) is 16.4. The van der Waals surface area contributed by atoms with Gasteiger partial charge in [-0.2, -0.15) is 0 Å². The van der Waals surface area contributed by atoms with Gasteiger partial charge in [0.25, 0.3) is 5.91 Å². The second-order valence-electron chi connectivity index (χ2n) is 7.41. The van der Waals surface area contributed by atoms with Crippen molar-refractivity contribution in [3.63, 3.8) is 0 Å². The highest BCUT2D eigenvalue weighted by Gasteiger charge is 2.29. The number of piperidine rings is 1. The summed E-state index contributed by atoms with van der Waals surface area (Å²) < 4.78 is 7.91. The van der Waals surface area contributed by atoms with E-state index < -0.39 is 0 Å². The second-order valence-corrected chi connectivity index (χ2v) is 7.41. The normalized spacial score (nSPS) is 16.5. The summed E-state index contributed by atoms with van der Waals surface area (Å²) in [5.74, 6) is 1.11. The number of hydrogen-bond donors (Lipinski definition) is 0. The zero-order chi connectivity index (χ0) is 20.3. The molecule has 1 aliphatic rings. The van der Waals surface area contributed by atoms with E-state index >= 15 is 0 Å². The molecule has 1 atom stereocenters. The lowest BCUT2D eigenvalue weighted by molar-refractivity contribution is 0.0698. The van der Waals surface area contributed by atoms with Gasteiger partial charge in [0.2, 0.25) is 11.8 Å². The quantitative estimate of drug-likeness (QED) is 0.519. The monoisotopic (exact) mass is 399 g/mol. The third-order valence-electron chi connectivity index (χ3n) is 5.42. The molecule has 0 spiro atoms. The molecular formula is C23H21N5O2. The topological polar surface area (TPSA) is 77.1 Å². The lowest BCUT2D eigenvalue weighted by atomic mass is 9.97. The molecule has 4 heterocycles. The molecule has 7 heteroatoms. The van der Waals surface area contributed by atoms with Crippen molar-refractivity contribution in [3.8, 4) is 17.1 Å². The predicted molar refractivity (Wildman–Crippen MR) is 111 cm³/mol. The standard InChI is InChI=1S/C23H21N5O2/c29-23(17-7-9-20(10-8-17)27-12-1-2-13-27)28-14-4-6-19(16-28)22-26-25-21(30-22)18-5-3-11-24-15-18/h1-3,5,7-13,15,19H,4,6,14,16H2. The summed E-state index contributed by atoms with van der Waals surface area (Å²) in [6.07, 6.45) is 9.20. The first-order chi connectivity index (χ1) is 14.8. The Morgan fingerprint density at radius 1 is 1.03 bits per heavy atom. The van der Waals surface area contributed by atoms with Gasteiger partial charge in [0.15, 0.2) is 0 Å². The fraction of sp³-hybridized carbons (Fsp3) is 0.217. The molecule has 1 aliphatic heterocycles. The number of likely N-dealkylation sites (tertiary alicyclic amines) is 1. The maximum absolute atomic E-state index is 13.0. The van der Waals surface area contributed by atoms with E-state index in [9.17, 15) is 4.79 Å². The molecule has 0 bridgehead atoms. The van der Waals surface area contributed by atoms with E-state index in [1.807, 2.05) is 70.4 Å². The number of hydrogen-bond acceptors (Lipinski definition) is 5. The van der Waals surface area contributed by atoms with Gasteiger partial charge in [-0.05, 0) is 61.4 Å². The second kappa shape index (κ2) is 7.94. The molecule has 5 rings (SSSR count). The van der Waals surface area contributed by atoms with Crippen LogP contribution in [-0.2, 0) is 0 Å². The van der Waals surface area contributed by atoms with Gasteiger partial charge in [-0.25, -0.2) is 0 Å². The van der Waals surface area contributed by atoms with Crippen LogP contribution in [-0.4, -0.2) is 43.6 Å². The Balaban J connectivity index is 1.29. The van der Waals surface area contributed by atoms with Crippen molar-refractivity contribution >= 4 is 5.91 Å². The number of pyridine rings is 1. The van der Waals surface area contributed by atoms with Gasteiger partial charge in [0, 0.05) is 49.1 Å². The van der Waals surface area contributed by atoms with Gasteiger partial charge in [-0.3, -0.25) is 9.78 Å². The van der Waals surface area contributed by atoms with Crippen molar-refractivity contribution in [2.24, 2.45) is 0 Å². The van der Waals surface area contributed by atoms with Crippen molar-refractivity contribution in [3.05, 3.63) is 84.8 Å². The van der Waals surface area contributed by atoms with Crippen molar-refractivity contribution < 1.29 is 9.21 Å². The third kappa shape index (κ3) is 3.61. The van der Waals surface area contributed by atoms with Crippen LogP contribution in [0.2, 0.25) is 0 Å². The van der Waals surface area contributed by atoms with Crippen molar-refractivity contribution in [2.75, 3.05) is 13.1 Å². The third-order valence-corrected chi connectivity index (χ3v) is 5.42. The van der Waals surface area contributed by atoms with E-state index in [1.54, 1.807) is 12.4 Å². The molecule has 7 nitrogen and oxygen atoms in total. The Hall–Kier alpha value is -3.74. The minimum atomic E-state index is 0.0331. The summed E-state index contributed by atoms with van der Waals surface area (Å²) >= 11 is 0. The minimum absolute atomic E-state index is 0.0331. The van der Waals surface area contributed by atoms with Crippen molar-refractivity contribution in [2.45, 2.75) is 18.8 Å². The van der Waals surface area contributed by atoms with Crippen LogP contribution in [0.25, 0.3) is 17.1 Å². The lowest BCUT2D eigenvalue weighted by Gasteiger charge is -2.31. The summed E-state index contributed by atoms with van der Waals surface area (Å²) in [6.45, 7) is 1.31. The largest absolute Gasteiger partial charge is 0.420 e. The molecular weight excluding hydrogens is 378 g/mol. The smallest absolute Gasteiger partial charge is 0.253 e. The molecule has 0 aliphatic carbocycles. The molecule has 0 saturated carbocycles. The van der Waals surface area contributed by atoms with Gasteiger partial charge in [-0.1, -0.05) is 0 Å². The molecule has 3 aromatic heterocycles. The van der Waals surface area contributed by atoms with E-state index in [0.29, 0.717) is 23.9 Å². The number of benzene rings is 1. The van der Waals surface area contributed by atoms with Crippen LogP contribution in [0.3, 0.4) is 0 Å². The van der Waals surface area contributed by atoms with E-state index in [0.717, 1.165) is 30.6 Å². The van der Waals surface area contributed by atoms with Gasteiger partial charge >= 0.3 is 0 Å². The maximum atomic E-state index is 13.0. The van der Waals surface area contributed by atoms with Crippen LogP contribution in [0.5, 0.6) is 0 Å². The predicted octanol–water partition coefficient (Wildman–Crippen LogP) is 3.94. The Morgan fingerprint density at radius 2 is 1.87 bits per heavy atom. The van der Waals surface area contributed by atoms with Gasteiger partial charge in [0.1, 0.15) is 0 Å². The van der Waals surface area contributed by atoms with Crippen LogP contribution in [0.1, 0.15) is 35.0 Å². The summed E-state index contributed by atoms with van der Waals surface area (Å²) in [5.41, 5.74) is 2.51. The van der Waals surface area contributed by atoms with Crippen LogP contribution < -0.4 is 0 Å². The highest BCUT2D eigenvalue weighted by molar-refractivity contribution is 5.94. The van der Waals surface area contributed by atoms with Crippen LogP contribution in [0, 0.1) is 0 Å². The average molecular weight is 399 g/mol. The highest BCUT2D eigenvalue weighted by atomic mass is 16.4. The molecule has 1 amide bonds. The molecule has 1 aromatic carbocycles. The van der Waals surface area contributed by atoms with E-state index in [2.05, 4.69) is 15.2 Å². The van der Waals surface area contributed by atoms with E-state index in [1.165, 1.54) is 0 Å². The molecule has 1 fully saturated rings. The number of rotatable bonds is 4. The summed E-state index contributed by atoms with van der Waals surface area (Å²) in [5, 5.41) is 8.40. The molecule has 30 heavy (non-hydrogen) atoms. The Bertz CT molecular complexity index is 1120. The molecule has 1 saturated heterocycles. The maximum Gasteiger partial charge on any atom is 0.253 e. The van der Waals surface area contributed by atoms with Gasteiger partial charge in [-0.15, -0.1) is 10.2 Å². The first kappa shape index (κ1) is 18.3. The molecule has 0 radical (unpaired) electrons. The zero-order valence-corrected chi connectivity index (χ0v) is 16.4. The van der Waals surface area contributed by atoms with Crippen LogP contribution >= 0.6 is 0 Å². The Kier molecular flexibility index (Phi) is 4.85. The summed E-state index contributed by atoms with van der Waals surface area (Å²) in [6, 6.07) is 15.4. The molecule has 150 valence electrons. The number of amides is 1. The highest BCUT2D eigenvalue weighted by Crippen LogP contribution is 2.29. The van der Waals surface area contributed by atoms with Crippen molar-refractivity contribution in [1.82, 2.24) is 24.6 Å². The summed E-state index contributed by atoms with van der Waals surface area (Å²) in [7, 11) is 0. The van der Waals surface area contributed by atoms with E-state index in [4.69, 9.17) is 4.42 Å². The average Bonchev–Trinajstić information content (AvgIpc) is 3.52. The minimum Gasteiger partial charge on any atom is -0.420 e. The number of carbonyl (C=O) groups is 1. The summed E-state index contributed by atoms with van der Waals surface area (Å²) in [4.78, 5) is 19.0.